The molecule has 0 atom stereocenters. The molecule has 3 aromatic rings. The van der Waals surface area contributed by atoms with Crippen molar-refractivity contribution in [2.75, 3.05) is 13.7 Å². The van der Waals surface area contributed by atoms with Crippen molar-refractivity contribution < 1.29 is 14.3 Å². The van der Waals surface area contributed by atoms with Gasteiger partial charge in [0.2, 0.25) is 0 Å². The minimum Gasteiger partial charge on any atom is -0.493 e. The number of amides is 1. The fourth-order valence-electron chi connectivity index (χ4n) is 3.13. The van der Waals surface area contributed by atoms with Gasteiger partial charge in [0.15, 0.2) is 23.1 Å². The zero-order chi connectivity index (χ0) is 18.6. The number of aromatic amines is 1. The minimum absolute atomic E-state index is 0.0702. The van der Waals surface area contributed by atoms with Crippen molar-refractivity contribution in [1.82, 2.24) is 20.1 Å². The van der Waals surface area contributed by atoms with Crippen LogP contribution in [0.3, 0.4) is 0 Å². The molecular weight excluding hydrogens is 344 g/mol. The molecule has 2 heterocycles. The van der Waals surface area contributed by atoms with E-state index >= 15 is 0 Å². The van der Waals surface area contributed by atoms with Crippen molar-refractivity contribution in [3.8, 4) is 11.5 Å². The maximum Gasteiger partial charge on any atom is 0.254 e. The molecule has 0 saturated carbocycles. The Bertz CT molecular complexity index is 954. The lowest BCUT2D eigenvalue weighted by atomic mass is 10.1. The maximum absolute atomic E-state index is 12.4. The quantitative estimate of drug-likeness (QED) is 0.697. The standard InChI is InChI=1S/C20H20N4O3/c1-26-16-8-4-5-9-17(16)27-13-19-21-18(22-23-19)10-11-24-12-14-6-2-3-7-15(14)20(24)25/h2-9H,10-13H2,1H3,(H,21,22,23). The molecule has 0 fully saturated rings. The molecule has 0 radical (unpaired) electrons. The smallest absolute Gasteiger partial charge is 0.254 e. The van der Waals surface area contributed by atoms with E-state index in [1.807, 2.05) is 53.4 Å². The van der Waals surface area contributed by atoms with Crippen LogP contribution in [-0.4, -0.2) is 39.6 Å². The Morgan fingerprint density at radius 3 is 2.70 bits per heavy atom. The summed E-state index contributed by atoms with van der Waals surface area (Å²) in [5, 5.41) is 7.11. The van der Waals surface area contributed by atoms with Gasteiger partial charge >= 0.3 is 0 Å². The van der Waals surface area contributed by atoms with Crippen LogP contribution in [0.5, 0.6) is 11.5 Å². The van der Waals surface area contributed by atoms with Gasteiger partial charge in [-0.05, 0) is 23.8 Å². The zero-order valence-corrected chi connectivity index (χ0v) is 15.0. The molecule has 0 bridgehead atoms. The first-order valence-corrected chi connectivity index (χ1v) is 8.78. The number of methoxy groups -OCH3 is 1. The van der Waals surface area contributed by atoms with Crippen LogP contribution in [0.1, 0.15) is 27.6 Å². The number of H-pyrrole nitrogens is 1. The van der Waals surface area contributed by atoms with Gasteiger partial charge < -0.3 is 14.4 Å². The molecule has 7 nitrogen and oxygen atoms in total. The summed E-state index contributed by atoms with van der Waals surface area (Å²) in [7, 11) is 1.60. The first kappa shape index (κ1) is 17.1. The number of benzene rings is 2. The number of carbonyl (C=O) groups is 1. The second kappa shape index (κ2) is 7.49. The molecule has 0 spiro atoms. The van der Waals surface area contributed by atoms with Crippen molar-refractivity contribution in [2.24, 2.45) is 0 Å². The van der Waals surface area contributed by atoms with Crippen LogP contribution < -0.4 is 9.47 Å². The Kier molecular flexibility index (Phi) is 4.74. The van der Waals surface area contributed by atoms with Crippen LogP contribution in [0.4, 0.5) is 0 Å². The molecule has 1 aromatic heterocycles. The lowest BCUT2D eigenvalue weighted by Crippen LogP contribution is -2.26. The Labute approximate surface area is 156 Å². The van der Waals surface area contributed by atoms with Gasteiger partial charge in [-0.2, -0.15) is 5.10 Å². The summed E-state index contributed by atoms with van der Waals surface area (Å²) < 4.78 is 11.0. The third-order valence-electron chi connectivity index (χ3n) is 4.51. The molecule has 4 rings (SSSR count). The van der Waals surface area contributed by atoms with E-state index in [-0.39, 0.29) is 12.5 Å². The summed E-state index contributed by atoms with van der Waals surface area (Å²) in [6.07, 6.45) is 0.588. The molecular formula is C20H20N4O3. The molecule has 0 aliphatic carbocycles. The molecule has 1 aliphatic heterocycles. The van der Waals surface area contributed by atoms with E-state index in [1.165, 1.54) is 0 Å². The van der Waals surface area contributed by atoms with E-state index in [0.29, 0.717) is 42.7 Å². The summed E-state index contributed by atoms with van der Waals surface area (Å²) in [6, 6.07) is 15.2. The third kappa shape index (κ3) is 3.62. The molecule has 0 saturated heterocycles. The van der Waals surface area contributed by atoms with Crippen molar-refractivity contribution in [2.45, 2.75) is 19.6 Å². The maximum atomic E-state index is 12.4. The van der Waals surface area contributed by atoms with Crippen LogP contribution in [0.2, 0.25) is 0 Å². The van der Waals surface area contributed by atoms with Crippen molar-refractivity contribution in [1.29, 1.82) is 0 Å². The average molecular weight is 364 g/mol. The molecule has 7 heteroatoms. The Balaban J connectivity index is 1.32. The molecule has 0 unspecified atom stereocenters. The molecule has 2 aromatic carbocycles. The van der Waals surface area contributed by atoms with Crippen molar-refractivity contribution in [3.05, 3.63) is 71.3 Å². The summed E-state index contributed by atoms with van der Waals surface area (Å²) in [5.74, 6) is 2.69. The monoisotopic (exact) mass is 364 g/mol. The Morgan fingerprint density at radius 2 is 1.89 bits per heavy atom. The third-order valence-corrected chi connectivity index (χ3v) is 4.51. The van der Waals surface area contributed by atoms with Gasteiger partial charge in [-0.1, -0.05) is 30.3 Å². The van der Waals surface area contributed by atoms with E-state index < -0.39 is 0 Å². The SMILES string of the molecule is COc1ccccc1OCc1nc(CCN2Cc3ccccc3C2=O)n[nH]1. The second-order valence-electron chi connectivity index (χ2n) is 6.27. The number of carbonyl (C=O) groups excluding carboxylic acids is 1. The lowest BCUT2D eigenvalue weighted by molar-refractivity contribution is 0.0779. The minimum atomic E-state index is 0.0702. The van der Waals surface area contributed by atoms with Crippen LogP contribution in [-0.2, 0) is 19.6 Å². The number of nitrogens with zero attached hydrogens (tertiary/aromatic N) is 3. The first-order valence-electron chi connectivity index (χ1n) is 8.78. The Hall–Kier alpha value is -3.35. The predicted molar refractivity (Wildman–Crippen MR) is 98.6 cm³/mol. The average Bonchev–Trinajstić information content (AvgIpc) is 3.29. The highest BCUT2D eigenvalue weighted by molar-refractivity contribution is 5.98. The van der Waals surface area contributed by atoms with Crippen LogP contribution in [0, 0.1) is 0 Å². The van der Waals surface area contributed by atoms with Crippen molar-refractivity contribution >= 4 is 5.91 Å². The molecule has 27 heavy (non-hydrogen) atoms. The van der Waals surface area contributed by atoms with Gasteiger partial charge in [0.05, 0.1) is 7.11 Å². The predicted octanol–water partition coefficient (Wildman–Crippen LogP) is 2.59. The van der Waals surface area contributed by atoms with Crippen molar-refractivity contribution in [3.63, 3.8) is 0 Å². The first-order chi connectivity index (χ1) is 13.2. The lowest BCUT2D eigenvalue weighted by Gasteiger charge is -2.13. The summed E-state index contributed by atoms with van der Waals surface area (Å²) >= 11 is 0. The number of hydrogen-bond donors (Lipinski definition) is 1. The van der Waals surface area contributed by atoms with E-state index in [0.717, 1.165) is 11.1 Å². The Morgan fingerprint density at radius 1 is 1.11 bits per heavy atom. The summed E-state index contributed by atoms with van der Waals surface area (Å²) in [4.78, 5) is 18.7. The highest BCUT2D eigenvalue weighted by Gasteiger charge is 2.26. The highest BCUT2D eigenvalue weighted by Crippen LogP contribution is 2.26. The number of hydrogen-bond acceptors (Lipinski definition) is 5. The van der Waals surface area contributed by atoms with Gasteiger partial charge in [0.25, 0.3) is 5.91 Å². The fourth-order valence-corrected chi connectivity index (χ4v) is 3.13. The molecule has 1 N–H and O–H groups in total. The summed E-state index contributed by atoms with van der Waals surface area (Å²) in [6.45, 7) is 1.49. The van der Waals surface area contributed by atoms with E-state index in [2.05, 4.69) is 15.2 Å². The molecule has 1 amide bonds. The number of fused-ring (bicyclic) bond motifs is 1. The van der Waals surface area contributed by atoms with Gasteiger partial charge in [-0.15, -0.1) is 0 Å². The van der Waals surface area contributed by atoms with Gasteiger partial charge in [0.1, 0.15) is 6.61 Å². The van der Waals surface area contributed by atoms with Crippen LogP contribution in [0.25, 0.3) is 0 Å². The largest absolute Gasteiger partial charge is 0.493 e. The fraction of sp³-hybridized carbons (Fsp3) is 0.250. The second-order valence-corrected chi connectivity index (χ2v) is 6.27. The number of ether oxygens (including phenoxy) is 2. The topological polar surface area (TPSA) is 80.3 Å². The number of nitrogens with one attached hydrogen (secondary N) is 1. The normalized spacial score (nSPS) is 12.9. The highest BCUT2D eigenvalue weighted by atomic mass is 16.5. The number of aromatic nitrogens is 3. The zero-order valence-electron chi connectivity index (χ0n) is 15.0. The summed E-state index contributed by atoms with van der Waals surface area (Å²) in [5.41, 5.74) is 1.86. The molecule has 138 valence electrons. The van der Waals surface area contributed by atoms with E-state index in [4.69, 9.17) is 9.47 Å². The van der Waals surface area contributed by atoms with E-state index in [1.54, 1.807) is 7.11 Å². The van der Waals surface area contributed by atoms with Gasteiger partial charge in [-0.25, -0.2) is 4.98 Å². The number of rotatable bonds is 7. The van der Waals surface area contributed by atoms with Crippen LogP contribution in [0.15, 0.2) is 48.5 Å². The molecule has 1 aliphatic rings. The van der Waals surface area contributed by atoms with Crippen LogP contribution >= 0.6 is 0 Å². The van der Waals surface area contributed by atoms with E-state index in [9.17, 15) is 4.79 Å². The number of para-hydroxylation sites is 2. The van der Waals surface area contributed by atoms with Gasteiger partial charge in [0, 0.05) is 25.1 Å². The van der Waals surface area contributed by atoms with Gasteiger partial charge in [-0.3, -0.25) is 9.89 Å².